The Morgan fingerprint density at radius 3 is 2.54 bits per heavy atom. The third-order valence-electron chi connectivity index (χ3n) is 6.24. The Bertz CT molecular complexity index is 1350. The number of anilines is 2. The summed E-state index contributed by atoms with van der Waals surface area (Å²) >= 11 is 1.45. The number of aryl methyl sites for hydroxylation is 1. The van der Waals surface area contributed by atoms with E-state index in [1.165, 1.54) is 55.9 Å². The number of benzene rings is 1. The van der Waals surface area contributed by atoms with E-state index < -0.39 is 16.0 Å². The van der Waals surface area contributed by atoms with Gasteiger partial charge in [-0.1, -0.05) is 11.3 Å². The lowest BCUT2D eigenvalue weighted by atomic mass is 9.93. The highest BCUT2D eigenvalue weighted by Crippen LogP contribution is 2.36. The lowest BCUT2D eigenvalue weighted by molar-refractivity contribution is 0.0600. The Hall–Kier alpha value is -3.22. The van der Waals surface area contributed by atoms with E-state index in [0.29, 0.717) is 17.0 Å². The zero-order valence-corrected chi connectivity index (χ0v) is 22.7. The van der Waals surface area contributed by atoms with Crippen molar-refractivity contribution in [3.63, 3.8) is 0 Å². The maximum atomic E-state index is 13.3. The number of nitrogens with zero attached hydrogens (tertiary/aromatic N) is 2. The van der Waals surface area contributed by atoms with Crippen LogP contribution in [0.25, 0.3) is 10.4 Å². The van der Waals surface area contributed by atoms with Gasteiger partial charge in [0.2, 0.25) is 5.88 Å². The van der Waals surface area contributed by atoms with Crippen LogP contribution >= 0.6 is 11.3 Å². The highest BCUT2D eigenvalue weighted by molar-refractivity contribution is 7.92. The van der Waals surface area contributed by atoms with Gasteiger partial charge in [0.05, 0.1) is 30.4 Å². The van der Waals surface area contributed by atoms with Crippen LogP contribution in [0.5, 0.6) is 5.88 Å². The van der Waals surface area contributed by atoms with Crippen LogP contribution in [0.3, 0.4) is 0 Å². The molecule has 1 aromatic carbocycles. The third kappa shape index (κ3) is 6.20. The molecule has 0 amide bonds. The first-order valence-electron chi connectivity index (χ1n) is 11.8. The Morgan fingerprint density at radius 1 is 1.19 bits per heavy atom. The standard InChI is InChI=1S/C25H30N4O6S2/c1-15(17-9-11-35-12-10-17)27-25-28-16(2)22(36-25)19-13-21(23(33-3)26-14-19)37(31,32)29-20-7-5-18(6-8-20)24(30)34-4/h5-8,13-15,17,29H,9-12H2,1-4H3,(H,27,28). The average molecular weight is 547 g/mol. The van der Waals surface area contributed by atoms with E-state index in [-0.39, 0.29) is 22.5 Å². The second-order valence-corrected chi connectivity index (χ2v) is 11.4. The summed E-state index contributed by atoms with van der Waals surface area (Å²) in [5, 5.41) is 4.28. The maximum absolute atomic E-state index is 13.3. The number of esters is 1. The van der Waals surface area contributed by atoms with Gasteiger partial charge < -0.3 is 19.5 Å². The summed E-state index contributed by atoms with van der Waals surface area (Å²) < 4.78 is 44.5. The monoisotopic (exact) mass is 546 g/mol. The number of carbonyl (C=O) groups excluding carboxylic acids is 1. The van der Waals surface area contributed by atoms with Gasteiger partial charge in [-0.2, -0.15) is 0 Å². The smallest absolute Gasteiger partial charge is 0.337 e. The molecule has 2 N–H and O–H groups in total. The van der Waals surface area contributed by atoms with Crippen molar-refractivity contribution < 1.29 is 27.4 Å². The first-order chi connectivity index (χ1) is 17.7. The Labute approximate surface area is 220 Å². The zero-order chi connectivity index (χ0) is 26.6. The summed E-state index contributed by atoms with van der Waals surface area (Å²) in [4.78, 5) is 21.3. The highest BCUT2D eigenvalue weighted by Gasteiger charge is 2.25. The summed E-state index contributed by atoms with van der Waals surface area (Å²) in [5.41, 5.74) is 1.97. The van der Waals surface area contributed by atoms with Crippen molar-refractivity contribution in [3.8, 4) is 16.3 Å². The van der Waals surface area contributed by atoms with Crippen LogP contribution in [-0.2, 0) is 19.5 Å². The molecule has 2 aromatic heterocycles. The maximum Gasteiger partial charge on any atom is 0.337 e. The Kier molecular flexibility index (Phi) is 8.30. The van der Waals surface area contributed by atoms with E-state index in [9.17, 15) is 13.2 Å². The van der Waals surface area contributed by atoms with Gasteiger partial charge in [0.1, 0.15) is 4.90 Å². The number of ether oxygens (including phenoxy) is 3. The van der Waals surface area contributed by atoms with Gasteiger partial charge in [-0.05, 0) is 62.9 Å². The number of methoxy groups -OCH3 is 2. The molecule has 0 radical (unpaired) electrons. The molecule has 0 saturated carbocycles. The van der Waals surface area contributed by atoms with E-state index in [4.69, 9.17) is 9.47 Å². The molecule has 10 nitrogen and oxygen atoms in total. The summed E-state index contributed by atoms with van der Waals surface area (Å²) in [6.07, 6.45) is 3.59. The molecule has 1 aliphatic heterocycles. The Balaban J connectivity index is 1.58. The molecule has 37 heavy (non-hydrogen) atoms. The zero-order valence-electron chi connectivity index (χ0n) is 21.1. The van der Waals surface area contributed by atoms with E-state index in [1.54, 1.807) is 6.20 Å². The van der Waals surface area contributed by atoms with Crippen molar-refractivity contribution in [1.82, 2.24) is 9.97 Å². The highest BCUT2D eigenvalue weighted by atomic mass is 32.2. The van der Waals surface area contributed by atoms with Crippen molar-refractivity contribution in [2.45, 2.75) is 37.6 Å². The summed E-state index contributed by atoms with van der Waals surface area (Å²) in [6.45, 7) is 5.58. The van der Waals surface area contributed by atoms with Gasteiger partial charge in [-0.15, -0.1) is 0 Å². The lowest BCUT2D eigenvalue weighted by Gasteiger charge is -2.28. The molecule has 4 rings (SSSR count). The summed E-state index contributed by atoms with van der Waals surface area (Å²) in [7, 11) is -1.42. The van der Waals surface area contributed by atoms with E-state index >= 15 is 0 Å². The number of nitrogens with one attached hydrogen (secondary N) is 2. The van der Waals surface area contributed by atoms with Crippen LogP contribution in [0.1, 0.15) is 35.8 Å². The molecule has 1 unspecified atom stereocenters. The van der Waals surface area contributed by atoms with Crippen LogP contribution in [0, 0.1) is 12.8 Å². The van der Waals surface area contributed by atoms with Gasteiger partial charge in [-0.25, -0.2) is 23.2 Å². The van der Waals surface area contributed by atoms with Crippen LogP contribution in [0.15, 0.2) is 41.4 Å². The van der Waals surface area contributed by atoms with Crippen molar-refractivity contribution in [1.29, 1.82) is 0 Å². The average Bonchev–Trinajstić information content (AvgIpc) is 3.28. The van der Waals surface area contributed by atoms with Gasteiger partial charge >= 0.3 is 5.97 Å². The quantitative estimate of drug-likeness (QED) is 0.377. The topological polar surface area (TPSA) is 129 Å². The van der Waals surface area contributed by atoms with Crippen LogP contribution in [0.2, 0.25) is 0 Å². The molecule has 1 fully saturated rings. The molecule has 0 aliphatic carbocycles. The normalized spacial score (nSPS) is 15.1. The molecule has 3 heterocycles. The van der Waals surface area contributed by atoms with Crippen molar-refractivity contribution in [2.24, 2.45) is 5.92 Å². The molecular formula is C25H30N4O6S2. The SMILES string of the molecule is COC(=O)c1ccc(NS(=O)(=O)c2cc(-c3sc(NC(C)C4CCOCC4)nc3C)cnc2OC)cc1. The van der Waals surface area contributed by atoms with Gasteiger partial charge in [0.25, 0.3) is 10.0 Å². The number of sulfonamides is 1. The number of rotatable bonds is 9. The first kappa shape index (κ1) is 26.8. The van der Waals surface area contributed by atoms with E-state index in [1.807, 2.05) is 6.92 Å². The molecular weight excluding hydrogens is 516 g/mol. The minimum Gasteiger partial charge on any atom is -0.480 e. The summed E-state index contributed by atoms with van der Waals surface area (Å²) in [5.74, 6) is -0.0337. The second kappa shape index (κ2) is 11.4. The van der Waals surface area contributed by atoms with Gasteiger partial charge in [-0.3, -0.25) is 4.72 Å². The van der Waals surface area contributed by atoms with Crippen LogP contribution in [0.4, 0.5) is 10.8 Å². The van der Waals surface area contributed by atoms with Crippen molar-refractivity contribution in [2.75, 3.05) is 37.5 Å². The first-order valence-corrected chi connectivity index (χ1v) is 14.1. The minimum absolute atomic E-state index is 0.0314. The predicted octanol–water partition coefficient (Wildman–Crippen LogP) is 4.34. The predicted molar refractivity (Wildman–Crippen MR) is 142 cm³/mol. The second-order valence-electron chi connectivity index (χ2n) is 8.72. The Morgan fingerprint density at radius 2 is 1.89 bits per heavy atom. The molecule has 1 saturated heterocycles. The number of pyridine rings is 1. The molecule has 0 spiro atoms. The molecule has 1 aliphatic rings. The third-order valence-corrected chi connectivity index (χ3v) is 8.76. The number of hydrogen-bond acceptors (Lipinski definition) is 10. The van der Waals surface area contributed by atoms with E-state index in [0.717, 1.165) is 41.8 Å². The fraction of sp³-hybridized carbons (Fsp3) is 0.400. The number of thiazole rings is 1. The largest absolute Gasteiger partial charge is 0.480 e. The molecule has 1 atom stereocenters. The van der Waals surface area contributed by atoms with Crippen molar-refractivity contribution >= 4 is 38.1 Å². The number of aromatic nitrogens is 2. The lowest BCUT2D eigenvalue weighted by Crippen LogP contribution is -2.30. The van der Waals surface area contributed by atoms with Crippen molar-refractivity contribution in [3.05, 3.63) is 47.8 Å². The fourth-order valence-electron chi connectivity index (χ4n) is 4.16. The van der Waals surface area contributed by atoms with Gasteiger partial charge in [0.15, 0.2) is 5.13 Å². The van der Waals surface area contributed by atoms with Crippen LogP contribution in [-0.4, -0.2) is 57.8 Å². The van der Waals surface area contributed by atoms with E-state index in [2.05, 4.69) is 31.7 Å². The minimum atomic E-state index is -4.06. The summed E-state index contributed by atoms with van der Waals surface area (Å²) in [6, 6.07) is 7.69. The van der Waals surface area contributed by atoms with Crippen LogP contribution < -0.4 is 14.8 Å². The number of carbonyl (C=O) groups is 1. The molecule has 12 heteroatoms. The molecule has 198 valence electrons. The van der Waals surface area contributed by atoms with Gasteiger partial charge in [0, 0.05) is 36.7 Å². The molecule has 3 aromatic rings. The number of hydrogen-bond donors (Lipinski definition) is 2. The molecule has 0 bridgehead atoms. The fourth-order valence-corrected chi connectivity index (χ4v) is 6.41.